The van der Waals surface area contributed by atoms with Crippen molar-refractivity contribution in [2.24, 2.45) is 0 Å². The topological polar surface area (TPSA) is 30.0 Å². The molecule has 0 saturated heterocycles. The van der Waals surface area contributed by atoms with Crippen LogP contribution in [0.2, 0.25) is 5.02 Å². The molecule has 20 heavy (non-hydrogen) atoms. The van der Waals surface area contributed by atoms with Crippen molar-refractivity contribution in [3.63, 3.8) is 0 Å². The third-order valence-electron chi connectivity index (χ3n) is 3.07. The van der Waals surface area contributed by atoms with Gasteiger partial charge in [0.1, 0.15) is 0 Å². The summed E-state index contributed by atoms with van der Waals surface area (Å²) >= 11 is 9.49. The smallest absolute Gasteiger partial charge is 0.195 e. The molecular weight excluding hydrogens is 338 g/mol. The number of hydrogen-bond donors (Lipinski definition) is 0. The lowest BCUT2D eigenvalue weighted by Crippen LogP contribution is -2.03. The predicted molar refractivity (Wildman–Crippen MR) is 84.3 cm³/mol. The van der Waals surface area contributed by atoms with Crippen LogP contribution in [-0.4, -0.2) is 10.8 Å². The number of nitrogens with zero attached hydrogens (tertiary/aromatic N) is 1. The summed E-state index contributed by atoms with van der Waals surface area (Å²) < 4.78 is 0.846. The Morgan fingerprint density at radius 3 is 2.70 bits per heavy atom. The maximum absolute atomic E-state index is 12.7. The van der Waals surface area contributed by atoms with Crippen LogP contribution in [0.15, 0.2) is 59.2 Å². The van der Waals surface area contributed by atoms with Crippen LogP contribution in [0.1, 0.15) is 15.9 Å². The molecular formula is C16H9BrClNO. The van der Waals surface area contributed by atoms with Gasteiger partial charge in [0.2, 0.25) is 0 Å². The molecule has 3 aromatic rings. The van der Waals surface area contributed by atoms with Gasteiger partial charge in [-0.05, 0) is 30.3 Å². The van der Waals surface area contributed by atoms with Crippen molar-refractivity contribution >= 4 is 44.2 Å². The first-order valence-electron chi connectivity index (χ1n) is 6.00. The molecule has 0 spiro atoms. The van der Waals surface area contributed by atoms with Crippen LogP contribution in [-0.2, 0) is 0 Å². The number of halogens is 2. The van der Waals surface area contributed by atoms with Crippen LogP contribution in [0, 0.1) is 0 Å². The Bertz CT molecular complexity index is 811. The van der Waals surface area contributed by atoms with E-state index in [-0.39, 0.29) is 5.78 Å². The molecule has 2 aromatic carbocycles. The second-order valence-corrected chi connectivity index (χ2v) is 5.65. The van der Waals surface area contributed by atoms with Gasteiger partial charge < -0.3 is 0 Å². The van der Waals surface area contributed by atoms with E-state index in [1.807, 2.05) is 30.3 Å². The molecule has 0 aliphatic heterocycles. The summed E-state index contributed by atoms with van der Waals surface area (Å²) in [6.45, 7) is 0. The summed E-state index contributed by atoms with van der Waals surface area (Å²) in [5, 5.41) is 1.27. The standard InChI is InChI=1S/C16H9BrClNO/c17-10-6-7-13(14(18)9-10)16(20)12-3-1-5-15-11(12)4-2-8-19-15/h1-9H. The Hall–Kier alpha value is -1.71. The average Bonchev–Trinajstić information content (AvgIpc) is 2.46. The zero-order valence-electron chi connectivity index (χ0n) is 10.3. The minimum Gasteiger partial charge on any atom is -0.289 e. The van der Waals surface area contributed by atoms with Gasteiger partial charge in [0.15, 0.2) is 5.78 Å². The third-order valence-corrected chi connectivity index (χ3v) is 3.87. The molecule has 0 aliphatic rings. The number of aromatic nitrogens is 1. The number of carbonyl (C=O) groups is 1. The first-order valence-corrected chi connectivity index (χ1v) is 7.17. The quantitative estimate of drug-likeness (QED) is 0.619. The van der Waals surface area contributed by atoms with Crippen LogP contribution in [0.25, 0.3) is 10.9 Å². The lowest BCUT2D eigenvalue weighted by Gasteiger charge is -2.07. The van der Waals surface area contributed by atoms with Crippen LogP contribution in [0.3, 0.4) is 0 Å². The highest BCUT2D eigenvalue weighted by atomic mass is 79.9. The lowest BCUT2D eigenvalue weighted by molar-refractivity contribution is 0.104. The van der Waals surface area contributed by atoms with E-state index in [0.29, 0.717) is 16.1 Å². The van der Waals surface area contributed by atoms with E-state index < -0.39 is 0 Å². The normalized spacial score (nSPS) is 10.7. The number of pyridine rings is 1. The fourth-order valence-electron chi connectivity index (χ4n) is 2.12. The molecule has 4 heteroatoms. The number of fused-ring (bicyclic) bond motifs is 1. The monoisotopic (exact) mass is 345 g/mol. The molecule has 1 aromatic heterocycles. The molecule has 0 aliphatic carbocycles. The van der Waals surface area contributed by atoms with E-state index >= 15 is 0 Å². The number of hydrogen-bond acceptors (Lipinski definition) is 2. The van der Waals surface area contributed by atoms with Crippen molar-refractivity contribution in [1.82, 2.24) is 4.98 Å². The number of ketones is 1. The number of rotatable bonds is 2. The molecule has 0 N–H and O–H groups in total. The predicted octanol–water partition coefficient (Wildman–Crippen LogP) is 4.88. The number of benzene rings is 2. The Balaban J connectivity index is 2.18. The minimum atomic E-state index is -0.0962. The third kappa shape index (κ3) is 2.35. The molecule has 0 bridgehead atoms. The van der Waals surface area contributed by atoms with Gasteiger partial charge in [-0.3, -0.25) is 9.78 Å². The van der Waals surface area contributed by atoms with Gasteiger partial charge in [0, 0.05) is 27.2 Å². The molecule has 2 nitrogen and oxygen atoms in total. The van der Waals surface area contributed by atoms with Gasteiger partial charge >= 0.3 is 0 Å². The molecule has 0 radical (unpaired) electrons. The Kier molecular flexibility index (Phi) is 3.55. The maximum atomic E-state index is 12.7. The summed E-state index contributed by atoms with van der Waals surface area (Å²) in [6, 6.07) is 14.5. The molecule has 98 valence electrons. The first kappa shape index (κ1) is 13.3. The fourth-order valence-corrected chi connectivity index (χ4v) is 2.88. The lowest BCUT2D eigenvalue weighted by atomic mass is 9.99. The van der Waals surface area contributed by atoms with E-state index in [2.05, 4.69) is 20.9 Å². The highest BCUT2D eigenvalue weighted by Crippen LogP contribution is 2.26. The molecule has 1 heterocycles. The largest absolute Gasteiger partial charge is 0.289 e. The van der Waals surface area contributed by atoms with Crippen LogP contribution < -0.4 is 0 Å². The summed E-state index contributed by atoms with van der Waals surface area (Å²) in [6.07, 6.45) is 1.71. The van der Waals surface area contributed by atoms with Gasteiger partial charge in [-0.15, -0.1) is 0 Å². The maximum Gasteiger partial charge on any atom is 0.195 e. The van der Waals surface area contributed by atoms with Gasteiger partial charge in [-0.25, -0.2) is 0 Å². The van der Waals surface area contributed by atoms with Crippen molar-refractivity contribution in [2.45, 2.75) is 0 Å². The minimum absolute atomic E-state index is 0.0962. The van der Waals surface area contributed by atoms with E-state index in [4.69, 9.17) is 11.6 Å². The SMILES string of the molecule is O=C(c1ccc(Br)cc1Cl)c1cccc2ncccc12. The zero-order valence-corrected chi connectivity index (χ0v) is 12.6. The Morgan fingerprint density at radius 1 is 1.05 bits per heavy atom. The molecule has 0 unspecified atom stereocenters. The highest BCUT2D eigenvalue weighted by Gasteiger charge is 2.15. The van der Waals surface area contributed by atoms with Gasteiger partial charge in [0.05, 0.1) is 10.5 Å². The second-order valence-electron chi connectivity index (χ2n) is 4.33. The van der Waals surface area contributed by atoms with E-state index in [0.717, 1.165) is 15.4 Å². The highest BCUT2D eigenvalue weighted by molar-refractivity contribution is 9.10. The van der Waals surface area contributed by atoms with E-state index in [9.17, 15) is 4.79 Å². The molecule has 3 rings (SSSR count). The van der Waals surface area contributed by atoms with E-state index in [1.165, 1.54) is 0 Å². The van der Waals surface area contributed by atoms with Crippen molar-refractivity contribution < 1.29 is 4.79 Å². The van der Waals surface area contributed by atoms with Gasteiger partial charge in [0.25, 0.3) is 0 Å². The molecule has 0 atom stereocenters. The van der Waals surface area contributed by atoms with Crippen LogP contribution in [0.4, 0.5) is 0 Å². The second kappa shape index (κ2) is 5.35. The van der Waals surface area contributed by atoms with E-state index in [1.54, 1.807) is 24.4 Å². The molecule has 0 fully saturated rings. The van der Waals surface area contributed by atoms with Crippen molar-refractivity contribution in [3.8, 4) is 0 Å². The summed E-state index contributed by atoms with van der Waals surface area (Å²) in [5.74, 6) is -0.0962. The van der Waals surface area contributed by atoms with Crippen molar-refractivity contribution in [1.29, 1.82) is 0 Å². The summed E-state index contributed by atoms with van der Waals surface area (Å²) in [5.41, 5.74) is 1.90. The van der Waals surface area contributed by atoms with Crippen molar-refractivity contribution in [2.75, 3.05) is 0 Å². The average molecular weight is 347 g/mol. The fraction of sp³-hybridized carbons (Fsp3) is 0. The number of carbonyl (C=O) groups excluding carboxylic acids is 1. The van der Waals surface area contributed by atoms with Gasteiger partial charge in [-0.1, -0.05) is 45.7 Å². The first-order chi connectivity index (χ1) is 9.66. The zero-order chi connectivity index (χ0) is 14.1. The van der Waals surface area contributed by atoms with Crippen LogP contribution >= 0.6 is 27.5 Å². The molecule has 0 amide bonds. The summed E-state index contributed by atoms with van der Waals surface area (Å²) in [4.78, 5) is 16.9. The molecule has 0 saturated carbocycles. The summed E-state index contributed by atoms with van der Waals surface area (Å²) in [7, 11) is 0. The van der Waals surface area contributed by atoms with Crippen LogP contribution in [0.5, 0.6) is 0 Å². The van der Waals surface area contributed by atoms with Crippen molar-refractivity contribution in [3.05, 3.63) is 75.4 Å². The Labute approximate surface area is 129 Å². The van der Waals surface area contributed by atoms with Gasteiger partial charge in [-0.2, -0.15) is 0 Å². The Morgan fingerprint density at radius 2 is 1.90 bits per heavy atom.